The number of carboxylic acid groups (broad SMARTS) is 1. The highest BCUT2D eigenvalue weighted by molar-refractivity contribution is 5.73. The van der Waals surface area contributed by atoms with E-state index in [4.69, 9.17) is 10.2 Å². The Labute approximate surface area is 106 Å². The van der Waals surface area contributed by atoms with Crippen LogP contribution in [0.25, 0.3) is 0 Å². The lowest BCUT2D eigenvalue weighted by Gasteiger charge is -2.16. The molecule has 0 amide bonds. The van der Waals surface area contributed by atoms with Gasteiger partial charge in [-0.15, -0.1) is 0 Å². The SMILES string of the molecule is CC(C)C[C@H](NCc1ccc(O)cc1O)C(=O)O. The molecule has 0 saturated carbocycles. The van der Waals surface area contributed by atoms with E-state index < -0.39 is 12.0 Å². The van der Waals surface area contributed by atoms with Gasteiger partial charge in [0.1, 0.15) is 17.5 Å². The lowest BCUT2D eigenvalue weighted by Crippen LogP contribution is -2.37. The molecule has 0 saturated heterocycles. The maximum Gasteiger partial charge on any atom is 0.320 e. The summed E-state index contributed by atoms with van der Waals surface area (Å²) in [5, 5.41) is 30.7. The first-order valence-electron chi connectivity index (χ1n) is 5.87. The van der Waals surface area contributed by atoms with Gasteiger partial charge in [0.2, 0.25) is 0 Å². The van der Waals surface area contributed by atoms with Gasteiger partial charge in [-0.25, -0.2) is 0 Å². The van der Waals surface area contributed by atoms with Crippen molar-refractivity contribution in [2.45, 2.75) is 32.9 Å². The van der Waals surface area contributed by atoms with Gasteiger partial charge in [-0.05, 0) is 18.4 Å². The highest BCUT2D eigenvalue weighted by atomic mass is 16.4. The second kappa shape index (κ2) is 6.26. The first-order chi connectivity index (χ1) is 8.40. The normalized spacial score (nSPS) is 12.6. The average Bonchev–Trinajstić information content (AvgIpc) is 2.25. The third kappa shape index (κ3) is 4.25. The molecule has 0 spiro atoms. The lowest BCUT2D eigenvalue weighted by atomic mass is 10.0. The zero-order valence-corrected chi connectivity index (χ0v) is 10.6. The Morgan fingerprint density at radius 1 is 1.33 bits per heavy atom. The Morgan fingerprint density at radius 3 is 2.50 bits per heavy atom. The van der Waals surface area contributed by atoms with Crippen molar-refractivity contribution in [3.63, 3.8) is 0 Å². The topological polar surface area (TPSA) is 89.8 Å². The van der Waals surface area contributed by atoms with Crippen molar-refractivity contribution in [1.82, 2.24) is 5.32 Å². The van der Waals surface area contributed by atoms with Crippen LogP contribution < -0.4 is 5.32 Å². The van der Waals surface area contributed by atoms with Crippen LogP contribution in [0.1, 0.15) is 25.8 Å². The molecular weight excluding hydrogens is 234 g/mol. The van der Waals surface area contributed by atoms with Crippen molar-refractivity contribution < 1.29 is 20.1 Å². The summed E-state index contributed by atoms with van der Waals surface area (Å²) < 4.78 is 0. The quantitative estimate of drug-likeness (QED) is 0.619. The van der Waals surface area contributed by atoms with Crippen molar-refractivity contribution in [3.8, 4) is 11.5 Å². The molecule has 18 heavy (non-hydrogen) atoms. The van der Waals surface area contributed by atoms with Crippen molar-refractivity contribution >= 4 is 5.97 Å². The fourth-order valence-electron chi connectivity index (χ4n) is 1.68. The summed E-state index contributed by atoms with van der Waals surface area (Å²) in [6.45, 7) is 4.15. The third-order valence-electron chi connectivity index (χ3n) is 2.61. The monoisotopic (exact) mass is 253 g/mol. The molecule has 0 aromatic heterocycles. The number of benzene rings is 1. The molecule has 0 unspecified atom stereocenters. The minimum absolute atomic E-state index is 0.0202. The van der Waals surface area contributed by atoms with Gasteiger partial charge in [-0.1, -0.05) is 19.9 Å². The molecule has 100 valence electrons. The van der Waals surface area contributed by atoms with E-state index in [0.29, 0.717) is 12.0 Å². The maximum atomic E-state index is 11.0. The third-order valence-corrected chi connectivity index (χ3v) is 2.61. The predicted octanol–water partition coefficient (Wildman–Crippen LogP) is 1.69. The van der Waals surface area contributed by atoms with Gasteiger partial charge in [0.05, 0.1) is 0 Å². The average molecular weight is 253 g/mol. The van der Waals surface area contributed by atoms with Crippen LogP contribution in [-0.4, -0.2) is 27.3 Å². The molecular formula is C13H19NO4. The van der Waals surface area contributed by atoms with Gasteiger partial charge in [-0.2, -0.15) is 0 Å². The highest BCUT2D eigenvalue weighted by Crippen LogP contribution is 2.22. The Bertz CT molecular complexity index is 417. The van der Waals surface area contributed by atoms with Crippen molar-refractivity contribution in [2.75, 3.05) is 0 Å². The van der Waals surface area contributed by atoms with Crippen LogP contribution in [-0.2, 0) is 11.3 Å². The molecule has 0 fully saturated rings. The van der Waals surface area contributed by atoms with Crippen LogP contribution in [0.2, 0.25) is 0 Å². The molecule has 1 aromatic carbocycles. The van der Waals surface area contributed by atoms with Gasteiger partial charge in [0, 0.05) is 18.2 Å². The van der Waals surface area contributed by atoms with Crippen LogP contribution in [0.4, 0.5) is 0 Å². The van der Waals surface area contributed by atoms with Gasteiger partial charge in [0.25, 0.3) is 0 Å². The van der Waals surface area contributed by atoms with Crippen LogP contribution in [0, 0.1) is 5.92 Å². The highest BCUT2D eigenvalue weighted by Gasteiger charge is 2.18. The summed E-state index contributed by atoms with van der Waals surface area (Å²) in [4.78, 5) is 11.0. The van der Waals surface area contributed by atoms with Crippen LogP contribution in [0.5, 0.6) is 11.5 Å². The number of phenolic OH excluding ortho intramolecular Hbond substituents is 2. The molecule has 0 aliphatic rings. The number of nitrogens with one attached hydrogen (secondary N) is 1. The molecule has 0 aliphatic carbocycles. The summed E-state index contributed by atoms with van der Waals surface area (Å²) in [7, 11) is 0. The molecule has 5 heteroatoms. The Morgan fingerprint density at radius 2 is 2.00 bits per heavy atom. The number of aromatic hydroxyl groups is 2. The van der Waals surface area contributed by atoms with Crippen LogP contribution in [0.3, 0.4) is 0 Å². The molecule has 0 radical (unpaired) electrons. The van der Waals surface area contributed by atoms with Crippen molar-refractivity contribution in [2.24, 2.45) is 5.92 Å². The van der Waals surface area contributed by atoms with E-state index in [1.807, 2.05) is 13.8 Å². The van der Waals surface area contributed by atoms with E-state index in [9.17, 15) is 9.90 Å². The molecule has 5 nitrogen and oxygen atoms in total. The predicted molar refractivity (Wildman–Crippen MR) is 67.5 cm³/mol. The fourth-order valence-corrected chi connectivity index (χ4v) is 1.68. The second-order valence-electron chi connectivity index (χ2n) is 4.71. The van der Waals surface area contributed by atoms with Crippen molar-refractivity contribution in [1.29, 1.82) is 0 Å². The number of carbonyl (C=O) groups is 1. The van der Waals surface area contributed by atoms with Crippen LogP contribution in [0.15, 0.2) is 18.2 Å². The van der Waals surface area contributed by atoms with Crippen LogP contribution >= 0.6 is 0 Å². The van der Waals surface area contributed by atoms with E-state index in [2.05, 4.69) is 5.32 Å². The van der Waals surface area contributed by atoms with E-state index in [1.54, 1.807) is 6.07 Å². The number of hydrogen-bond donors (Lipinski definition) is 4. The number of aliphatic carboxylic acids is 1. The Kier molecular flexibility index (Phi) is 4.97. The zero-order valence-electron chi connectivity index (χ0n) is 10.6. The van der Waals surface area contributed by atoms with E-state index in [1.165, 1.54) is 12.1 Å². The molecule has 1 rings (SSSR count). The first-order valence-corrected chi connectivity index (χ1v) is 5.87. The van der Waals surface area contributed by atoms with Crippen molar-refractivity contribution in [3.05, 3.63) is 23.8 Å². The fraction of sp³-hybridized carbons (Fsp3) is 0.462. The lowest BCUT2D eigenvalue weighted by molar-refractivity contribution is -0.140. The summed E-state index contributed by atoms with van der Waals surface area (Å²) in [5.41, 5.74) is 0.558. The standard InChI is InChI=1S/C13H19NO4/c1-8(2)5-11(13(17)18)14-7-9-3-4-10(15)6-12(9)16/h3-4,6,8,11,14-16H,5,7H2,1-2H3,(H,17,18)/t11-/m0/s1. The molecule has 0 bridgehead atoms. The molecule has 1 atom stereocenters. The van der Waals surface area contributed by atoms with E-state index in [-0.39, 0.29) is 24.0 Å². The van der Waals surface area contributed by atoms with E-state index >= 15 is 0 Å². The largest absolute Gasteiger partial charge is 0.508 e. The Balaban J connectivity index is 2.64. The number of phenols is 2. The number of hydrogen-bond acceptors (Lipinski definition) is 4. The zero-order chi connectivity index (χ0) is 13.7. The van der Waals surface area contributed by atoms with Gasteiger partial charge in [-0.3, -0.25) is 4.79 Å². The molecule has 0 heterocycles. The number of carboxylic acids is 1. The minimum Gasteiger partial charge on any atom is -0.508 e. The maximum absolute atomic E-state index is 11.0. The Hall–Kier alpha value is -1.75. The summed E-state index contributed by atoms with van der Waals surface area (Å²) in [6.07, 6.45) is 0.522. The minimum atomic E-state index is -0.901. The second-order valence-corrected chi connectivity index (χ2v) is 4.71. The smallest absolute Gasteiger partial charge is 0.320 e. The summed E-state index contributed by atoms with van der Waals surface area (Å²) >= 11 is 0. The molecule has 4 N–H and O–H groups in total. The summed E-state index contributed by atoms with van der Waals surface area (Å²) in [5.74, 6) is -0.696. The van der Waals surface area contributed by atoms with Gasteiger partial charge in [0.15, 0.2) is 0 Å². The van der Waals surface area contributed by atoms with Gasteiger partial charge >= 0.3 is 5.97 Å². The molecule has 1 aromatic rings. The number of rotatable bonds is 6. The summed E-state index contributed by atoms with van der Waals surface area (Å²) in [6, 6.07) is 3.61. The first kappa shape index (κ1) is 14.3. The molecule has 0 aliphatic heterocycles. The van der Waals surface area contributed by atoms with Gasteiger partial charge < -0.3 is 20.6 Å². The van der Waals surface area contributed by atoms with E-state index in [0.717, 1.165) is 0 Å².